The number of nitrogens with zero attached hydrogens (tertiary/aromatic N) is 2. The van der Waals surface area contributed by atoms with Crippen molar-refractivity contribution in [2.75, 3.05) is 25.5 Å². The van der Waals surface area contributed by atoms with Gasteiger partial charge in [0.05, 0.1) is 5.69 Å². The van der Waals surface area contributed by atoms with Crippen LogP contribution in [-0.4, -0.2) is 30.0 Å². The number of rotatable bonds is 8. The molecule has 108 valence electrons. The Morgan fingerprint density at radius 3 is 2.75 bits per heavy atom. The van der Waals surface area contributed by atoms with Crippen LogP contribution in [0.4, 0.5) is 5.13 Å². The summed E-state index contributed by atoms with van der Waals surface area (Å²) >= 11 is 1.70. The second-order valence-electron chi connectivity index (χ2n) is 5.00. The van der Waals surface area contributed by atoms with E-state index in [1.165, 1.54) is 11.3 Å². The van der Waals surface area contributed by atoms with E-state index < -0.39 is 0 Å². The van der Waals surface area contributed by atoms with Crippen LogP contribution in [0.5, 0.6) is 0 Å². The predicted octanol–water partition coefficient (Wildman–Crippen LogP) is 3.64. The number of anilines is 1. The van der Waals surface area contributed by atoms with Crippen LogP contribution < -0.4 is 5.32 Å². The molecule has 1 N–H and O–H groups in total. The van der Waals surface area contributed by atoms with Crippen LogP contribution in [-0.2, 0) is 13.0 Å². The van der Waals surface area contributed by atoms with Gasteiger partial charge in [0.25, 0.3) is 0 Å². The molecule has 0 saturated carbocycles. The van der Waals surface area contributed by atoms with Crippen molar-refractivity contribution in [3.8, 4) is 0 Å². The van der Waals surface area contributed by atoms with Gasteiger partial charge in [0, 0.05) is 18.5 Å². The lowest BCUT2D eigenvalue weighted by molar-refractivity contribution is 0.325. The zero-order valence-corrected chi connectivity index (χ0v) is 13.1. The minimum absolute atomic E-state index is 0.982. The Hall–Kier alpha value is -1.39. The van der Waals surface area contributed by atoms with Gasteiger partial charge in [-0.25, -0.2) is 4.98 Å². The minimum atomic E-state index is 0.982. The van der Waals surface area contributed by atoms with Crippen LogP contribution >= 0.6 is 11.3 Å². The molecule has 1 aromatic carbocycles. The smallest absolute Gasteiger partial charge is 0.182 e. The Kier molecular flexibility index (Phi) is 6.02. The van der Waals surface area contributed by atoms with E-state index in [0.29, 0.717) is 0 Å². The van der Waals surface area contributed by atoms with Crippen LogP contribution in [0, 0.1) is 0 Å². The molecule has 0 amide bonds. The van der Waals surface area contributed by atoms with Crippen molar-refractivity contribution in [1.29, 1.82) is 0 Å². The van der Waals surface area contributed by atoms with Crippen molar-refractivity contribution >= 4 is 16.5 Å². The summed E-state index contributed by atoms with van der Waals surface area (Å²) in [7, 11) is 2.17. The Labute approximate surface area is 125 Å². The van der Waals surface area contributed by atoms with Gasteiger partial charge in [-0.3, -0.25) is 0 Å². The summed E-state index contributed by atoms with van der Waals surface area (Å²) in [5.74, 6) is 0. The highest BCUT2D eigenvalue weighted by Gasteiger charge is 2.01. The Bertz CT molecular complexity index is 495. The molecule has 0 radical (unpaired) electrons. The molecule has 0 aliphatic rings. The average molecular weight is 289 g/mol. The molecule has 0 fully saturated rings. The molecule has 0 saturated heterocycles. The summed E-state index contributed by atoms with van der Waals surface area (Å²) in [6, 6.07) is 10.6. The first-order chi connectivity index (χ1) is 9.78. The molecule has 4 heteroatoms. The van der Waals surface area contributed by atoms with Gasteiger partial charge in [-0.1, -0.05) is 37.3 Å². The van der Waals surface area contributed by atoms with E-state index in [4.69, 9.17) is 0 Å². The standard InChI is InChI=1S/C16H23N3S/c1-3-15-13-20-16(18-15)17-10-7-11-19(2)12-14-8-5-4-6-9-14/h4-6,8-9,13H,3,7,10-12H2,1-2H3,(H,17,18). The van der Waals surface area contributed by atoms with Crippen molar-refractivity contribution in [3.63, 3.8) is 0 Å². The molecular weight excluding hydrogens is 266 g/mol. The molecule has 3 nitrogen and oxygen atoms in total. The molecule has 0 aliphatic heterocycles. The molecule has 1 aromatic heterocycles. The monoisotopic (exact) mass is 289 g/mol. The summed E-state index contributed by atoms with van der Waals surface area (Å²) in [6.07, 6.45) is 2.14. The summed E-state index contributed by atoms with van der Waals surface area (Å²) in [5.41, 5.74) is 2.55. The quantitative estimate of drug-likeness (QED) is 0.752. The lowest BCUT2D eigenvalue weighted by Gasteiger charge is -2.16. The Morgan fingerprint density at radius 1 is 1.25 bits per heavy atom. The molecule has 20 heavy (non-hydrogen) atoms. The topological polar surface area (TPSA) is 28.2 Å². The van der Waals surface area contributed by atoms with Gasteiger partial charge in [-0.05, 0) is 32.0 Å². The van der Waals surface area contributed by atoms with Crippen LogP contribution in [0.3, 0.4) is 0 Å². The fraction of sp³-hybridized carbons (Fsp3) is 0.438. The zero-order chi connectivity index (χ0) is 14.2. The summed E-state index contributed by atoms with van der Waals surface area (Å²) < 4.78 is 0. The molecule has 0 aliphatic carbocycles. The van der Waals surface area contributed by atoms with Crippen LogP contribution in [0.1, 0.15) is 24.6 Å². The number of hydrogen-bond acceptors (Lipinski definition) is 4. The van der Waals surface area contributed by atoms with Crippen LogP contribution in [0.25, 0.3) is 0 Å². The molecule has 2 rings (SSSR count). The molecule has 1 heterocycles. The van der Waals surface area contributed by atoms with E-state index in [1.807, 2.05) is 0 Å². The summed E-state index contributed by atoms with van der Waals surface area (Å²) in [4.78, 5) is 6.86. The molecule has 0 bridgehead atoms. The van der Waals surface area contributed by atoms with Crippen molar-refractivity contribution in [2.24, 2.45) is 0 Å². The molecule has 0 atom stereocenters. The van der Waals surface area contributed by atoms with Crippen molar-refractivity contribution < 1.29 is 0 Å². The van der Waals surface area contributed by atoms with Gasteiger partial charge < -0.3 is 10.2 Å². The van der Waals surface area contributed by atoms with E-state index >= 15 is 0 Å². The van der Waals surface area contributed by atoms with Crippen molar-refractivity contribution in [2.45, 2.75) is 26.3 Å². The fourth-order valence-corrected chi connectivity index (χ4v) is 2.89. The highest BCUT2D eigenvalue weighted by molar-refractivity contribution is 7.13. The van der Waals surface area contributed by atoms with E-state index in [0.717, 1.165) is 37.6 Å². The van der Waals surface area contributed by atoms with Crippen molar-refractivity contribution in [1.82, 2.24) is 9.88 Å². The Morgan fingerprint density at radius 2 is 2.05 bits per heavy atom. The third-order valence-electron chi connectivity index (χ3n) is 3.20. The highest BCUT2D eigenvalue weighted by Crippen LogP contribution is 2.15. The predicted molar refractivity (Wildman–Crippen MR) is 87.4 cm³/mol. The van der Waals surface area contributed by atoms with Crippen LogP contribution in [0.15, 0.2) is 35.7 Å². The van der Waals surface area contributed by atoms with Gasteiger partial charge in [-0.2, -0.15) is 0 Å². The van der Waals surface area contributed by atoms with Gasteiger partial charge in [0.1, 0.15) is 0 Å². The maximum absolute atomic E-state index is 4.51. The van der Waals surface area contributed by atoms with E-state index in [9.17, 15) is 0 Å². The summed E-state index contributed by atoms with van der Waals surface area (Å²) in [5, 5.41) is 6.58. The minimum Gasteiger partial charge on any atom is -0.361 e. The highest BCUT2D eigenvalue weighted by atomic mass is 32.1. The normalized spacial score (nSPS) is 10.9. The van der Waals surface area contributed by atoms with E-state index in [2.05, 4.69) is 64.9 Å². The zero-order valence-electron chi connectivity index (χ0n) is 12.3. The number of aryl methyl sites for hydroxylation is 1. The van der Waals surface area contributed by atoms with Crippen LogP contribution in [0.2, 0.25) is 0 Å². The van der Waals surface area contributed by atoms with Gasteiger partial charge in [0.2, 0.25) is 0 Å². The lowest BCUT2D eigenvalue weighted by Crippen LogP contribution is -2.21. The number of nitrogens with one attached hydrogen (secondary N) is 1. The first kappa shape index (κ1) is 15.0. The lowest BCUT2D eigenvalue weighted by atomic mass is 10.2. The van der Waals surface area contributed by atoms with E-state index in [-0.39, 0.29) is 0 Å². The van der Waals surface area contributed by atoms with E-state index in [1.54, 1.807) is 11.3 Å². The van der Waals surface area contributed by atoms with Gasteiger partial charge in [0.15, 0.2) is 5.13 Å². The first-order valence-corrected chi connectivity index (χ1v) is 8.06. The third-order valence-corrected chi connectivity index (χ3v) is 4.05. The third kappa shape index (κ3) is 4.94. The Balaban J connectivity index is 1.63. The number of thiazole rings is 1. The maximum Gasteiger partial charge on any atom is 0.182 e. The van der Waals surface area contributed by atoms with Gasteiger partial charge >= 0.3 is 0 Å². The second kappa shape index (κ2) is 8.02. The molecule has 0 unspecified atom stereocenters. The summed E-state index contributed by atoms with van der Waals surface area (Å²) in [6.45, 7) is 5.22. The first-order valence-electron chi connectivity index (χ1n) is 7.18. The molecular formula is C16H23N3S. The van der Waals surface area contributed by atoms with Gasteiger partial charge in [-0.15, -0.1) is 11.3 Å². The average Bonchev–Trinajstić information content (AvgIpc) is 2.93. The second-order valence-corrected chi connectivity index (χ2v) is 5.86. The molecule has 2 aromatic rings. The largest absolute Gasteiger partial charge is 0.361 e. The number of aromatic nitrogens is 1. The number of benzene rings is 1. The SMILES string of the molecule is CCc1csc(NCCCN(C)Cc2ccccc2)n1. The molecule has 0 spiro atoms. The number of hydrogen-bond donors (Lipinski definition) is 1. The van der Waals surface area contributed by atoms with Crippen molar-refractivity contribution in [3.05, 3.63) is 47.0 Å². The maximum atomic E-state index is 4.51. The fourth-order valence-electron chi connectivity index (χ4n) is 2.07.